The fourth-order valence-corrected chi connectivity index (χ4v) is 3.55. The number of carboxylic acids is 1. The first-order chi connectivity index (χ1) is 11.2. The van der Waals surface area contributed by atoms with E-state index in [2.05, 4.69) is 22.8 Å². The number of nitrogens with one attached hydrogen (secondary N) is 2. The number of amides is 1. The Balaban J connectivity index is 1.80. The van der Waals surface area contributed by atoms with Crippen LogP contribution in [0.2, 0.25) is 0 Å². The third kappa shape index (κ3) is 4.08. The highest BCUT2D eigenvalue weighted by atomic mass is 16.4. The van der Waals surface area contributed by atoms with Crippen molar-refractivity contribution in [3.63, 3.8) is 0 Å². The van der Waals surface area contributed by atoms with E-state index in [1.54, 1.807) is 0 Å². The van der Waals surface area contributed by atoms with Gasteiger partial charge in [0.05, 0.1) is 5.92 Å². The van der Waals surface area contributed by atoms with E-state index in [0.717, 1.165) is 12.1 Å². The molecule has 5 nitrogen and oxygen atoms in total. The number of carbonyl (C=O) groups excluding carboxylic acids is 1. The van der Waals surface area contributed by atoms with Crippen LogP contribution in [-0.2, 0) is 16.0 Å². The third-order valence-electron chi connectivity index (χ3n) is 5.39. The van der Waals surface area contributed by atoms with Crippen molar-refractivity contribution in [2.24, 2.45) is 17.3 Å². The smallest absolute Gasteiger partial charge is 0.307 e. The summed E-state index contributed by atoms with van der Waals surface area (Å²) >= 11 is 0. The van der Waals surface area contributed by atoms with Gasteiger partial charge in [0.1, 0.15) is 0 Å². The number of hydrogen-bond acceptors (Lipinski definition) is 3. The molecule has 5 heteroatoms. The first-order valence-electron chi connectivity index (χ1n) is 8.53. The lowest BCUT2D eigenvalue weighted by Crippen LogP contribution is -2.50. The average molecular weight is 332 g/mol. The fourth-order valence-electron chi connectivity index (χ4n) is 3.55. The molecular formula is C19H28N2O3. The van der Waals surface area contributed by atoms with Gasteiger partial charge in [0, 0.05) is 25.2 Å². The summed E-state index contributed by atoms with van der Waals surface area (Å²) in [6, 6.07) is 8.21. The van der Waals surface area contributed by atoms with Crippen LogP contribution in [0.5, 0.6) is 0 Å². The van der Waals surface area contributed by atoms with Gasteiger partial charge in [-0.25, -0.2) is 0 Å². The largest absolute Gasteiger partial charge is 0.481 e. The average Bonchev–Trinajstić information content (AvgIpc) is 2.51. The molecule has 1 aliphatic carbocycles. The maximum atomic E-state index is 12.2. The molecule has 1 amide bonds. The quantitative estimate of drug-likeness (QED) is 0.717. The van der Waals surface area contributed by atoms with Crippen LogP contribution in [-0.4, -0.2) is 30.1 Å². The molecule has 0 spiro atoms. The van der Waals surface area contributed by atoms with Gasteiger partial charge in [-0.05, 0) is 48.8 Å². The SMILES string of the molecule is CNc1ccc(CC(C)NC(=O)CC2CC(C(=O)O)C2(C)C)cc1. The van der Waals surface area contributed by atoms with Gasteiger partial charge in [0.25, 0.3) is 0 Å². The lowest BCUT2D eigenvalue weighted by molar-refractivity contribution is -0.160. The summed E-state index contributed by atoms with van der Waals surface area (Å²) in [6.07, 6.45) is 1.77. The molecule has 0 heterocycles. The third-order valence-corrected chi connectivity index (χ3v) is 5.39. The second-order valence-corrected chi connectivity index (χ2v) is 7.47. The number of benzene rings is 1. The Hall–Kier alpha value is -2.04. The second-order valence-electron chi connectivity index (χ2n) is 7.47. The highest BCUT2D eigenvalue weighted by Crippen LogP contribution is 2.52. The Morgan fingerprint density at radius 3 is 2.42 bits per heavy atom. The predicted molar refractivity (Wildman–Crippen MR) is 94.9 cm³/mol. The monoisotopic (exact) mass is 332 g/mol. The van der Waals surface area contributed by atoms with E-state index in [1.807, 2.05) is 40.0 Å². The van der Waals surface area contributed by atoms with Crippen molar-refractivity contribution in [2.45, 2.75) is 46.1 Å². The minimum Gasteiger partial charge on any atom is -0.481 e. The molecule has 1 aliphatic rings. The van der Waals surface area contributed by atoms with E-state index in [1.165, 1.54) is 5.56 Å². The van der Waals surface area contributed by atoms with Crippen LogP contribution in [0.15, 0.2) is 24.3 Å². The highest BCUT2D eigenvalue weighted by molar-refractivity contribution is 5.78. The van der Waals surface area contributed by atoms with Gasteiger partial charge < -0.3 is 15.7 Å². The predicted octanol–water partition coefficient (Wildman–Crippen LogP) is 2.91. The van der Waals surface area contributed by atoms with Crippen molar-refractivity contribution >= 4 is 17.6 Å². The minimum absolute atomic E-state index is 0.0104. The van der Waals surface area contributed by atoms with Crippen molar-refractivity contribution in [3.05, 3.63) is 29.8 Å². The zero-order valence-electron chi connectivity index (χ0n) is 14.9. The highest BCUT2D eigenvalue weighted by Gasteiger charge is 2.52. The summed E-state index contributed by atoms with van der Waals surface area (Å²) in [5.41, 5.74) is 1.93. The van der Waals surface area contributed by atoms with E-state index in [-0.39, 0.29) is 29.2 Å². The van der Waals surface area contributed by atoms with Crippen LogP contribution in [0.3, 0.4) is 0 Å². The lowest BCUT2D eigenvalue weighted by Gasteiger charge is -2.49. The first-order valence-corrected chi connectivity index (χ1v) is 8.53. The van der Waals surface area contributed by atoms with Crippen molar-refractivity contribution in [1.29, 1.82) is 0 Å². The van der Waals surface area contributed by atoms with Crippen LogP contribution < -0.4 is 10.6 Å². The molecule has 0 radical (unpaired) electrons. The molecule has 0 aromatic heterocycles. The van der Waals surface area contributed by atoms with E-state index >= 15 is 0 Å². The van der Waals surface area contributed by atoms with Crippen molar-refractivity contribution in [3.8, 4) is 0 Å². The van der Waals surface area contributed by atoms with E-state index in [4.69, 9.17) is 5.11 Å². The Bertz CT molecular complexity index is 595. The second kappa shape index (κ2) is 7.24. The minimum atomic E-state index is -0.755. The fraction of sp³-hybridized carbons (Fsp3) is 0.579. The molecule has 1 fully saturated rings. The Labute approximate surface area is 143 Å². The van der Waals surface area contributed by atoms with Gasteiger partial charge in [-0.3, -0.25) is 9.59 Å². The standard InChI is InChI=1S/C19H28N2O3/c1-12(9-13-5-7-15(20-4)8-6-13)21-17(22)11-14-10-16(18(23)24)19(14,2)3/h5-8,12,14,16,20H,9-11H2,1-4H3,(H,21,22)(H,23,24). The van der Waals surface area contributed by atoms with E-state index < -0.39 is 5.97 Å². The zero-order chi connectivity index (χ0) is 17.9. The van der Waals surface area contributed by atoms with Gasteiger partial charge in [-0.15, -0.1) is 0 Å². The molecule has 3 N–H and O–H groups in total. The molecule has 1 aromatic rings. The molecule has 132 valence electrons. The lowest BCUT2D eigenvalue weighted by atomic mass is 9.54. The summed E-state index contributed by atoms with van der Waals surface area (Å²) in [6.45, 7) is 5.88. The molecule has 0 aliphatic heterocycles. The molecule has 24 heavy (non-hydrogen) atoms. The normalized spacial score (nSPS) is 23.0. The first kappa shape index (κ1) is 18.3. The summed E-state index contributed by atoms with van der Waals surface area (Å²) in [5, 5.41) is 15.3. The van der Waals surface area contributed by atoms with Gasteiger partial charge >= 0.3 is 5.97 Å². The summed E-state index contributed by atoms with van der Waals surface area (Å²) in [5.74, 6) is -0.939. The Morgan fingerprint density at radius 2 is 1.92 bits per heavy atom. The Kier molecular flexibility index (Phi) is 5.52. The molecule has 0 bridgehead atoms. The van der Waals surface area contributed by atoms with Crippen LogP contribution in [0.4, 0.5) is 5.69 Å². The van der Waals surface area contributed by atoms with Crippen LogP contribution in [0.1, 0.15) is 39.2 Å². The molecule has 3 atom stereocenters. The summed E-state index contributed by atoms with van der Waals surface area (Å²) < 4.78 is 0. The van der Waals surface area contributed by atoms with Crippen molar-refractivity contribution in [2.75, 3.05) is 12.4 Å². The van der Waals surface area contributed by atoms with Gasteiger partial charge in [0.2, 0.25) is 5.91 Å². The maximum Gasteiger partial charge on any atom is 0.307 e. The van der Waals surface area contributed by atoms with Crippen molar-refractivity contribution in [1.82, 2.24) is 5.32 Å². The summed E-state index contributed by atoms with van der Waals surface area (Å²) in [7, 11) is 1.88. The molecule has 0 saturated heterocycles. The molecule has 1 saturated carbocycles. The summed E-state index contributed by atoms with van der Waals surface area (Å²) in [4.78, 5) is 23.4. The number of rotatable bonds is 7. The van der Waals surface area contributed by atoms with E-state index in [9.17, 15) is 9.59 Å². The number of anilines is 1. The molecular weight excluding hydrogens is 304 g/mol. The topological polar surface area (TPSA) is 78.4 Å². The number of carbonyl (C=O) groups is 2. The van der Waals surface area contributed by atoms with Crippen molar-refractivity contribution < 1.29 is 14.7 Å². The molecule has 2 rings (SSSR count). The van der Waals surface area contributed by atoms with E-state index in [0.29, 0.717) is 12.8 Å². The zero-order valence-corrected chi connectivity index (χ0v) is 14.9. The number of carboxylic acid groups (broad SMARTS) is 1. The number of hydrogen-bond donors (Lipinski definition) is 3. The van der Waals surface area contributed by atoms with Gasteiger partial charge in [-0.2, -0.15) is 0 Å². The Morgan fingerprint density at radius 1 is 1.29 bits per heavy atom. The van der Waals surface area contributed by atoms with Crippen LogP contribution in [0.25, 0.3) is 0 Å². The maximum absolute atomic E-state index is 12.2. The van der Waals surface area contributed by atoms with Crippen LogP contribution >= 0.6 is 0 Å². The number of aliphatic carboxylic acids is 1. The molecule has 3 unspecified atom stereocenters. The van der Waals surface area contributed by atoms with Gasteiger partial charge in [0.15, 0.2) is 0 Å². The molecule has 1 aromatic carbocycles. The van der Waals surface area contributed by atoms with Crippen LogP contribution in [0, 0.1) is 17.3 Å². The van der Waals surface area contributed by atoms with Gasteiger partial charge in [-0.1, -0.05) is 26.0 Å².